The van der Waals surface area contributed by atoms with E-state index in [4.69, 9.17) is 0 Å². The van der Waals surface area contributed by atoms with Crippen molar-refractivity contribution in [2.75, 3.05) is 5.32 Å². The van der Waals surface area contributed by atoms with E-state index in [0.29, 0.717) is 18.8 Å². The molecule has 2 atom stereocenters. The minimum absolute atomic E-state index is 0.0588. The average molecular weight is 403 g/mol. The molecule has 3 N–H and O–H groups in total. The van der Waals surface area contributed by atoms with Crippen LogP contribution in [0.3, 0.4) is 0 Å². The van der Waals surface area contributed by atoms with Gasteiger partial charge in [0.25, 0.3) is 0 Å². The van der Waals surface area contributed by atoms with Gasteiger partial charge >= 0.3 is 0 Å². The molecular weight excluding hydrogens is 378 g/mol. The highest BCUT2D eigenvalue weighted by Crippen LogP contribution is 2.23. The number of phenols is 1. The third-order valence-corrected chi connectivity index (χ3v) is 5.32. The van der Waals surface area contributed by atoms with E-state index in [9.17, 15) is 9.90 Å². The number of carbonyl (C=O) groups excluding carboxylic acids is 1. The van der Waals surface area contributed by atoms with Gasteiger partial charge in [0.1, 0.15) is 5.75 Å². The number of rotatable bonds is 7. The van der Waals surface area contributed by atoms with E-state index in [2.05, 4.69) is 25.6 Å². The van der Waals surface area contributed by atoms with Crippen molar-refractivity contribution in [1.82, 2.24) is 20.3 Å². The third kappa shape index (κ3) is 5.31. The van der Waals surface area contributed by atoms with Crippen LogP contribution in [0.15, 0.2) is 61.1 Å². The molecule has 0 unspecified atom stereocenters. The lowest BCUT2D eigenvalue weighted by Gasteiger charge is -2.15. The second kappa shape index (κ2) is 9.35. The molecule has 3 aromatic rings. The van der Waals surface area contributed by atoms with Crippen molar-refractivity contribution in [3.63, 3.8) is 0 Å². The van der Waals surface area contributed by atoms with Crippen molar-refractivity contribution in [2.45, 2.75) is 44.2 Å². The molecule has 1 fully saturated rings. The summed E-state index contributed by atoms with van der Waals surface area (Å²) in [6.07, 6.45) is 9.12. The van der Waals surface area contributed by atoms with Gasteiger partial charge in [0.15, 0.2) is 0 Å². The molecule has 1 amide bonds. The van der Waals surface area contributed by atoms with Crippen LogP contribution in [0.2, 0.25) is 0 Å². The Morgan fingerprint density at radius 3 is 2.70 bits per heavy atom. The molecule has 2 heterocycles. The molecule has 1 saturated carbocycles. The normalized spacial score (nSPS) is 18.1. The van der Waals surface area contributed by atoms with E-state index in [1.165, 1.54) is 0 Å². The summed E-state index contributed by atoms with van der Waals surface area (Å²) >= 11 is 0. The number of nitrogens with zero attached hydrogens (tertiary/aromatic N) is 3. The van der Waals surface area contributed by atoms with Crippen molar-refractivity contribution in [1.29, 1.82) is 0 Å². The zero-order valence-electron chi connectivity index (χ0n) is 16.7. The summed E-state index contributed by atoms with van der Waals surface area (Å²) in [6.45, 7) is 0. The number of aryl methyl sites for hydroxylation is 1. The number of carbonyl (C=O) groups is 1. The van der Waals surface area contributed by atoms with E-state index in [1.807, 2.05) is 30.3 Å². The number of aromatic nitrogens is 3. The second-order valence-corrected chi connectivity index (χ2v) is 7.59. The zero-order valence-corrected chi connectivity index (χ0v) is 16.7. The predicted octanol–water partition coefficient (Wildman–Crippen LogP) is 3.33. The molecule has 0 bridgehead atoms. The molecule has 0 spiro atoms. The highest BCUT2D eigenvalue weighted by molar-refractivity contribution is 5.76. The number of amides is 1. The largest absolute Gasteiger partial charge is 0.508 e. The van der Waals surface area contributed by atoms with Crippen LogP contribution in [-0.4, -0.2) is 38.0 Å². The fourth-order valence-corrected chi connectivity index (χ4v) is 3.75. The van der Waals surface area contributed by atoms with Gasteiger partial charge in [0.05, 0.1) is 5.69 Å². The smallest absolute Gasteiger partial charge is 0.223 e. The van der Waals surface area contributed by atoms with Crippen LogP contribution >= 0.6 is 0 Å². The monoisotopic (exact) mass is 403 g/mol. The first kappa shape index (κ1) is 19.8. The molecule has 30 heavy (non-hydrogen) atoms. The maximum Gasteiger partial charge on any atom is 0.223 e. The van der Waals surface area contributed by atoms with Gasteiger partial charge in [-0.2, -0.15) is 0 Å². The van der Waals surface area contributed by atoms with Crippen LogP contribution in [0.5, 0.6) is 5.75 Å². The van der Waals surface area contributed by atoms with Gasteiger partial charge in [-0.15, -0.1) is 0 Å². The van der Waals surface area contributed by atoms with Gasteiger partial charge in [-0.3, -0.25) is 9.78 Å². The van der Waals surface area contributed by atoms with E-state index in [0.717, 1.165) is 36.1 Å². The summed E-state index contributed by atoms with van der Waals surface area (Å²) in [5.74, 6) is 0.895. The summed E-state index contributed by atoms with van der Waals surface area (Å²) in [7, 11) is 0. The number of phenolic OH excluding ortho intramolecular Hbond substituents is 1. The molecule has 1 aliphatic rings. The Labute approximate surface area is 175 Å². The van der Waals surface area contributed by atoms with E-state index < -0.39 is 0 Å². The summed E-state index contributed by atoms with van der Waals surface area (Å²) < 4.78 is 0. The van der Waals surface area contributed by atoms with Crippen molar-refractivity contribution < 1.29 is 9.90 Å². The van der Waals surface area contributed by atoms with Gasteiger partial charge in [0.2, 0.25) is 11.9 Å². The molecule has 4 rings (SSSR count). The molecule has 154 valence electrons. The van der Waals surface area contributed by atoms with Gasteiger partial charge in [-0.05, 0) is 61.6 Å². The molecule has 1 aromatic carbocycles. The molecule has 0 radical (unpaired) electrons. The molecule has 7 nitrogen and oxygen atoms in total. The molecule has 7 heteroatoms. The lowest BCUT2D eigenvalue weighted by Crippen LogP contribution is -2.34. The topological polar surface area (TPSA) is 100 Å². The lowest BCUT2D eigenvalue weighted by molar-refractivity contribution is -0.121. The van der Waals surface area contributed by atoms with Crippen molar-refractivity contribution in [2.24, 2.45) is 0 Å². The minimum Gasteiger partial charge on any atom is -0.508 e. The summed E-state index contributed by atoms with van der Waals surface area (Å²) in [4.78, 5) is 25.4. The Hall–Kier alpha value is -3.48. The highest BCUT2D eigenvalue weighted by Gasteiger charge is 2.26. The number of anilines is 1. The molecule has 2 aromatic heterocycles. The second-order valence-electron chi connectivity index (χ2n) is 7.59. The summed E-state index contributed by atoms with van der Waals surface area (Å²) in [6, 6.07) is 13.1. The number of hydrogen-bond donors (Lipinski definition) is 3. The Kier molecular flexibility index (Phi) is 6.17. The van der Waals surface area contributed by atoms with Crippen LogP contribution in [0.4, 0.5) is 5.95 Å². The van der Waals surface area contributed by atoms with Crippen molar-refractivity contribution in [3.8, 4) is 17.0 Å². The zero-order chi connectivity index (χ0) is 20.8. The van der Waals surface area contributed by atoms with Crippen LogP contribution in [-0.2, 0) is 11.2 Å². The Bertz CT molecular complexity index is 978. The Balaban J connectivity index is 1.25. The Morgan fingerprint density at radius 1 is 1.07 bits per heavy atom. The maximum absolute atomic E-state index is 12.3. The van der Waals surface area contributed by atoms with Gasteiger partial charge < -0.3 is 15.7 Å². The number of hydrogen-bond acceptors (Lipinski definition) is 6. The molecule has 0 saturated heterocycles. The summed E-state index contributed by atoms with van der Waals surface area (Å²) in [5, 5.41) is 15.9. The molecular formula is C23H25N5O2. The lowest BCUT2D eigenvalue weighted by atomic mass is 10.1. The first-order chi connectivity index (χ1) is 14.7. The van der Waals surface area contributed by atoms with Crippen LogP contribution in [0.1, 0.15) is 31.2 Å². The van der Waals surface area contributed by atoms with Crippen molar-refractivity contribution >= 4 is 11.9 Å². The number of pyridine rings is 1. The van der Waals surface area contributed by atoms with E-state index in [-0.39, 0.29) is 23.7 Å². The number of nitrogens with one attached hydrogen (secondary N) is 2. The van der Waals surface area contributed by atoms with E-state index >= 15 is 0 Å². The third-order valence-electron chi connectivity index (χ3n) is 5.32. The maximum atomic E-state index is 12.3. The first-order valence-corrected chi connectivity index (χ1v) is 10.2. The predicted molar refractivity (Wildman–Crippen MR) is 115 cm³/mol. The average Bonchev–Trinajstić information content (AvgIpc) is 3.20. The van der Waals surface area contributed by atoms with Gasteiger partial charge in [-0.1, -0.05) is 12.1 Å². The van der Waals surface area contributed by atoms with Crippen LogP contribution in [0, 0.1) is 0 Å². The van der Waals surface area contributed by atoms with Gasteiger partial charge in [-0.25, -0.2) is 9.97 Å². The van der Waals surface area contributed by atoms with Crippen LogP contribution in [0.25, 0.3) is 11.3 Å². The fraction of sp³-hybridized carbons (Fsp3) is 0.304. The van der Waals surface area contributed by atoms with Gasteiger partial charge in [0, 0.05) is 42.7 Å². The molecule has 0 aliphatic heterocycles. The fourth-order valence-electron chi connectivity index (χ4n) is 3.75. The number of benzene rings is 1. The Morgan fingerprint density at radius 2 is 1.90 bits per heavy atom. The highest BCUT2D eigenvalue weighted by atomic mass is 16.3. The number of aromatic hydroxyl groups is 1. The molecule has 1 aliphatic carbocycles. The minimum atomic E-state index is 0.0588. The van der Waals surface area contributed by atoms with Crippen LogP contribution < -0.4 is 10.6 Å². The first-order valence-electron chi connectivity index (χ1n) is 10.2. The quantitative estimate of drug-likeness (QED) is 0.560. The standard InChI is InChI=1S/C23H25N5O2/c29-20-8-3-16(4-9-20)5-10-22(30)26-18-6-7-19(14-18)27-23-25-13-11-21(28-23)17-2-1-12-24-15-17/h1-4,8-9,11-13,15,18-19,29H,5-7,10,14H2,(H,26,30)(H,25,27,28)/t18-,19-/m0/s1. The SMILES string of the molecule is O=C(CCc1ccc(O)cc1)N[C@H]1CC[C@H](Nc2nccc(-c3cccnc3)n2)C1. The van der Waals surface area contributed by atoms with E-state index in [1.54, 1.807) is 30.7 Å². The summed E-state index contributed by atoms with van der Waals surface area (Å²) in [5.41, 5.74) is 2.82. The van der Waals surface area contributed by atoms with Crippen molar-refractivity contribution in [3.05, 3.63) is 66.6 Å².